The summed E-state index contributed by atoms with van der Waals surface area (Å²) in [6.07, 6.45) is 2.79. The Labute approximate surface area is 236 Å². The van der Waals surface area contributed by atoms with Crippen LogP contribution >= 0.6 is 0 Å². The van der Waals surface area contributed by atoms with Gasteiger partial charge in [0.15, 0.2) is 11.6 Å². The lowest BCUT2D eigenvalue weighted by atomic mass is 9.95. The summed E-state index contributed by atoms with van der Waals surface area (Å²) in [4.78, 5) is 46.5. The van der Waals surface area contributed by atoms with E-state index in [9.17, 15) is 22.8 Å². The Morgan fingerprint density at radius 3 is 2.39 bits per heavy atom. The number of halogens is 3. The van der Waals surface area contributed by atoms with Crippen LogP contribution in [0.3, 0.4) is 0 Å². The number of hydrogen-bond acceptors (Lipinski definition) is 10. The molecule has 0 saturated carbocycles. The highest BCUT2D eigenvalue weighted by Gasteiger charge is 2.35. The molecule has 0 unspecified atom stereocenters. The summed E-state index contributed by atoms with van der Waals surface area (Å²) >= 11 is 0. The zero-order valence-electron chi connectivity index (χ0n) is 23.1. The van der Waals surface area contributed by atoms with Gasteiger partial charge in [-0.15, -0.1) is 0 Å². The van der Waals surface area contributed by atoms with Crippen LogP contribution in [0.25, 0.3) is 11.4 Å². The highest BCUT2D eigenvalue weighted by atomic mass is 19.4. The monoisotopic (exact) mass is 575 g/mol. The lowest BCUT2D eigenvalue weighted by Crippen LogP contribution is -2.49. The molecule has 4 N–H and O–H groups in total. The summed E-state index contributed by atoms with van der Waals surface area (Å²) in [5.74, 6) is 0.205. The highest BCUT2D eigenvalue weighted by Crippen LogP contribution is 2.37. The first-order valence-corrected chi connectivity index (χ1v) is 13.8. The number of piperazine rings is 1. The number of amides is 1. The second-order valence-corrected chi connectivity index (χ2v) is 10.4. The molecular weight excluding hydrogens is 539 g/mol. The summed E-state index contributed by atoms with van der Waals surface area (Å²) < 4.78 is 40.9. The van der Waals surface area contributed by atoms with Crippen molar-refractivity contribution in [3.63, 3.8) is 0 Å². The van der Waals surface area contributed by atoms with Gasteiger partial charge in [0, 0.05) is 64.9 Å². The van der Waals surface area contributed by atoms with E-state index in [1.807, 2.05) is 9.80 Å². The number of nitrogens with zero attached hydrogens (tertiary/aromatic N) is 7. The van der Waals surface area contributed by atoms with E-state index in [2.05, 4.69) is 24.8 Å². The van der Waals surface area contributed by atoms with Crippen molar-refractivity contribution < 1.29 is 22.8 Å². The Balaban J connectivity index is 1.28. The molecule has 14 heteroatoms. The third-order valence-corrected chi connectivity index (χ3v) is 7.42. The normalized spacial score (nSPS) is 17.4. The summed E-state index contributed by atoms with van der Waals surface area (Å²) in [6, 6.07) is 0.753. The maximum absolute atomic E-state index is 13.6. The van der Waals surface area contributed by atoms with Gasteiger partial charge in [0.05, 0.1) is 11.1 Å². The molecule has 2 aromatic heterocycles. The standard InChI is InChI=1S/C27H36F3N9O2/c1-2-4-19(40)5-3-6-23(41)38-9-7-18(8-10-38)17-37-11-13-39(14-12-37)26-35-24(34-25(32)36-26)20-16-33-22(31)15-21(20)27(28,29)30/h2,4,15-16,18H,3,5-14,17H2,1H3,(H2,31,33)(H2,32,34,35,36)/b4-2+. The number of anilines is 3. The largest absolute Gasteiger partial charge is 0.417 e. The minimum atomic E-state index is -4.67. The van der Waals surface area contributed by atoms with Crippen LogP contribution in [0.1, 0.15) is 44.6 Å². The van der Waals surface area contributed by atoms with Gasteiger partial charge in [-0.2, -0.15) is 28.1 Å². The van der Waals surface area contributed by atoms with Crippen molar-refractivity contribution in [2.24, 2.45) is 5.92 Å². The maximum atomic E-state index is 13.6. The molecule has 0 aromatic carbocycles. The number of carbonyl (C=O) groups is 2. The van der Waals surface area contributed by atoms with Gasteiger partial charge in [0.1, 0.15) is 5.82 Å². The second-order valence-electron chi connectivity index (χ2n) is 10.4. The fourth-order valence-electron chi connectivity index (χ4n) is 5.23. The Hall–Kier alpha value is -3.81. The molecule has 0 spiro atoms. The molecule has 4 rings (SSSR count). The quantitative estimate of drug-likeness (QED) is 0.428. The van der Waals surface area contributed by atoms with Crippen LogP contribution in [-0.2, 0) is 15.8 Å². The minimum Gasteiger partial charge on any atom is -0.384 e. The zero-order chi connectivity index (χ0) is 29.6. The number of rotatable bonds is 9. The van der Waals surface area contributed by atoms with Crippen LogP contribution < -0.4 is 16.4 Å². The fourth-order valence-corrected chi connectivity index (χ4v) is 5.23. The molecule has 0 atom stereocenters. The number of piperidine rings is 1. The molecular formula is C27H36F3N9O2. The third kappa shape index (κ3) is 8.12. The zero-order valence-corrected chi connectivity index (χ0v) is 23.1. The summed E-state index contributed by atoms with van der Waals surface area (Å²) in [5.41, 5.74) is 10.0. The number of allylic oxidation sites excluding steroid dienone is 2. The SMILES string of the molecule is C/C=C/C(=O)CCCC(=O)N1CCC(CN2CCN(c3nc(N)nc(-c4cnc(N)cc4C(F)(F)F)n3)CC2)CC1. The molecule has 2 aliphatic heterocycles. The van der Waals surface area contributed by atoms with Crippen LogP contribution in [0.15, 0.2) is 24.4 Å². The number of ketones is 1. The van der Waals surface area contributed by atoms with Crippen LogP contribution in [0.5, 0.6) is 0 Å². The van der Waals surface area contributed by atoms with Gasteiger partial charge < -0.3 is 21.3 Å². The van der Waals surface area contributed by atoms with E-state index in [1.54, 1.807) is 19.1 Å². The van der Waals surface area contributed by atoms with E-state index in [-0.39, 0.29) is 40.8 Å². The van der Waals surface area contributed by atoms with Crippen molar-refractivity contribution >= 4 is 29.4 Å². The molecule has 11 nitrogen and oxygen atoms in total. The number of likely N-dealkylation sites (tertiary alicyclic amines) is 1. The van der Waals surface area contributed by atoms with Crippen molar-refractivity contribution in [3.05, 3.63) is 30.0 Å². The van der Waals surface area contributed by atoms with E-state index >= 15 is 0 Å². The van der Waals surface area contributed by atoms with Crippen LogP contribution in [0, 0.1) is 5.92 Å². The first-order valence-electron chi connectivity index (χ1n) is 13.8. The van der Waals surface area contributed by atoms with E-state index in [1.165, 1.54) is 0 Å². The van der Waals surface area contributed by atoms with Gasteiger partial charge in [-0.05, 0) is 44.2 Å². The van der Waals surface area contributed by atoms with Gasteiger partial charge in [-0.25, -0.2) is 4.98 Å². The first-order chi connectivity index (χ1) is 19.5. The van der Waals surface area contributed by atoms with Crippen LogP contribution in [0.4, 0.5) is 30.9 Å². The predicted molar refractivity (Wildman–Crippen MR) is 149 cm³/mol. The third-order valence-electron chi connectivity index (χ3n) is 7.42. The number of carbonyl (C=O) groups excluding carboxylic acids is 2. The van der Waals surface area contributed by atoms with Crippen molar-refractivity contribution in [1.29, 1.82) is 0 Å². The lowest BCUT2D eigenvalue weighted by Gasteiger charge is -2.39. The number of nitrogen functional groups attached to an aromatic ring is 2. The van der Waals surface area contributed by atoms with Crippen molar-refractivity contribution in [3.8, 4) is 11.4 Å². The van der Waals surface area contributed by atoms with Crippen molar-refractivity contribution in [2.45, 2.75) is 45.2 Å². The molecule has 2 fully saturated rings. The van der Waals surface area contributed by atoms with E-state index in [0.29, 0.717) is 38.3 Å². The first kappa shape index (κ1) is 30.2. The predicted octanol–water partition coefficient (Wildman–Crippen LogP) is 2.79. The van der Waals surface area contributed by atoms with Gasteiger partial charge in [-0.1, -0.05) is 6.08 Å². The number of hydrogen-bond donors (Lipinski definition) is 2. The lowest BCUT2D eigenvalue weighted by molar-refractivity contribution is -0.137. The van der Waals surface area contributed by atoms with Gasteiger partial charge in [0.2, 0.25) is 17.8 Å². The Kier molecular flexibility index (Phi) is 9.73. The average Bonchev–Trinajstić information content (AvgIpc) is 2.93. The van der Waals surface area contributed by atoms with Gasteiger partial charge in [-0.3, -0.25) is 14.5 Å². The molecule has 0 radical (unpaired) electrons. The molecule has 4 heterocycles. The summed E-state index contributed by atoms with van der Waals surface area (Å²) in [6.45, 7) is 6.78. The van der Waals surface area contributed by atoms with Gasteiger partial charge in [0.25, 0.3) is 0 Å². The maximum Gasteiger partial charge on any atom is 0.417 e. The molecule has 2 aromatic rings. The Morgan fingerprint density at radius 2 is 1.73 bits per heavy atom. The summed E-state index contributed by atoms with van der Waals surface area (Å²) in [5, 5.41) is 0. The Morgan fingerprint density at radius 1 is 1.02 bits per heavy atom. The topological polar surface area (TPSA) is 147 Å². The number of aromatic nitrogens is 4. The molecule has 2 saturated heterocycles. The van der Waals surface area contributed by atoms with Crippen LogP contribution in [0.2, 0.25) is 0 Å². The molecule has 222 valence electrons. The van der Waals surface area contributed by atoms with E-state index in [4.69, 9.17) is 11.5 Å². The van der Waals surface area contributed by atoms with Crippen LogP contribution in [-0.4, -0.2) is 87.2 Å². The smallest absolute Gasteiger partial charge is 0.384 e. The van der Waals surface area contributed by atoms with Gasteiger partial charge >= 0.3 is 6.18 Å². The van der Waals surface area contributed by atoms with Crippen molar-refractivity contribution in [2.75, 3.05) is 62.2 Å². The number of nitrogens with two attached hydrogens (primary N) is 2. The fraction of sp³-hybridized carbons (Fsp3) is 0.556. The molecule has 1 amide bonds. The molecule has 0 aliphatic carbocycles. The second kappa shape index (κ2) is 13.2. The molecule has 2 aliphatic rings. The number of pyridine rings is 1. The Bertz CT molecular complexity index is 1260. The average molecular weight is 576 g/mol. The molecule has 41 heavy (non-hydrogen) atoms. The van der Waals surface area contributed by atoms with E-state index in [0.717, 1.165) is 57.8 Å². The minimum absolute atomic E-state index is 0.0493. The summed E-state index contributed by atoms with van der Waals surface area (Å²) in [7, 11) is 0. The van der Waals surface area contributed by atoms with E-state index < -0.39 is 11.7 Å². The molecule has 0 bridgehead atoms. The highest BCUT2D eigenvalue weighted by molar-refractivity contribution is 5.89. The number of alkyl halides is 3. The van der Waals surface area contributed by atoms with Crippen molar-refractivity contribution in [1.82, 2.24) is 29.7 Å².